The maximum Gasteiger partial charge on any atom is 0.255 e. The summed E-state index contributed by atoms with van der Waals surface area (Å²) in [4.78, 5) is 37.5. The molecule has 3 rings (SSSR count). The first-order valence-corrected chi connectivity index (χ1v) is 8.35. The number of aliphatic hydroxyl groups is 1. The van der Waals surface area contributed by atoms with Crippen LogP contribution in [-0.4, -0.2) is 53.0 Å². The monoisotopic (exact) mass is 346 g/mol. The van der Waals surface area contributed by atoms with Crippen LogP contribution in [0, 0.1) is 0 Å². The topological polar surface area (TPSA) is 125 Å². The largest absolute Gasteiger partial charge is 0.390 e. The van der Waals surface area contributed by atoms with Crippen molar-refractivity contribution < 1.29 is 19.5 Å². The molecule has 0 radical (unpaired) electrons. The lowest BCUT2D eigenvalue weighted by Gasteiger charge is -2.29. The highest BCUT2D eigenvalue weighted by Gasteiger charge is 2.38. The standard InChI is InChI=1S/C17H22N4O4/c18-6-12(22)8-19-7-10-1-2-11-9-21(17(25)13(11)5-10)14-3-4-15(23)20-16(14)24/h1-2,5,12,14,19,22H,3-4,6-9,18H2,(H,20,23,24)/t12-,14?/m1/s1. The van der Waals surface area contributed by atoms with E-state index in [1.807, 2.05) is 18.2 Å². The van der Waals surface area contributed by atoms with Crippen molar-refractivity contribution in [3.63, 3.8) is 0 Å². The molecule has 8 heteroatoms. The SMILES string of the molecule is NC[C@@H](O)CNCc1ccc2c(c1)C(=O)N(C1CCC(=O)NC1=O)C2. The van der Waals surface area contributed by atoms with E-state index < -0.39 is 18.1 Å². The van der Waals surface area contributed by atoms with Crippen molar-refractivity contribution in [2.75, 3.05) is 13.1 Å². The number of benzene rings is 1. The number of carbonyl (C=O) groups is 3. The van der Waals surface area contributed by atoms with Gasteiger partial charge in [0.15, 0.2) is 0 Å². The molecular formula is C17H22N4O4. The second kappa shape index (κ2) is 7.30. The summed E-state index contributed by atoms with van der Waals surface area (Å²) in [6.07, 6.45) is 0.00406. The second-order valence-corrected chi connectivity index (χ2v) is 6.41. The number of piperidine rings is 1. The van der Waals surface area contributed by atoms with Gasteiger partial charge >= 0.3 is 0 Å². The molecule has 2 heterocycles. The Bertz CT molecular complexity index is 706. The minimum atomic E-state index is -0.598. The summed E-state index contributed by atoms with van der Waals surface area (Å²) in [7, 11) is 0. The van der Waals surface area contributed by atoms with E-state index in [0.717, 1.165) is 11.1 Å². The molecule has 0 aromatic heterocycles. The van der Waals surface area contributed by atoms with Crippen LogP contribution in [0.1, 0.15) is 34.3 Å². The Balaban J connectivity index is 1.67. The van der Waals surface area contributed by atoms with Crippen LogP contribution in [0.5, 0.6) is 0 Å². The summed E-state index contributed by atoms with van der Waals surface area (Å²) >= 11 is 0. The zero-order valence-corrected chi connectivity index (χ0v) is 13.8. The Kier molecular flexibility index (Phi) is 5.12. The van der Waals surface area contributed by atoms with Crippen molar-refractivity contribution in [2.45, 2.75) is 38.1 Å². The van der Waals surface area contributed by atoms with E-state index >= 15 is 0 Å². The smallest absolute Gasteiger partial charge is 0.255 e. The number of rotatable bonds is 6. The van der Waals surface area contributed by atoms with Crippen LogP contribution in [0.3, 0.4) is 0 Å². The summed E-state index contributed by atoms with van der Waals surface area (Å²) in [5.74, 6) is -0.887. The Morgan fingerprint density at radius 3 is 2.88 bits per heavy atom. The van der Waals surface area contributed by atoms with E-state index in [1.54, 1.807) is 0 Å². The first-order valence-electron chi connectivity index (χ1n) is 8.35. The van der Waals surface area contributed by atoms with Crippen LogP contribution in [0.15, 0.2) is 18.2 Å². The van der Waals surface area contributed by atoms with Crippen molar-refractivity contribution in [2.24, 2.45) is 5.73 Å². The van der Waals surface area contributed by atoms with E-state index in [-0.39, 0.29) is 24.8 Å². The molecule has 1 aromatic rings. The Morgan fingerprint density at radius 2 is 2.16 bits per heavy atom. The lowest BCUT2D eigenvalue weighted by molar-refractivity contribution is -0.136. The predicted molar refractivity (Wildman–Crippen MR) is 89.3 cm³/mol. The lowest BCUT2D eigenvalue weighted by atomic mass is 10.0. The minimum absolute atomic E-state index is 0.187. The molecule has 2 aliphatic heterocycles. The molecule has 1 unspecified atom stereocenters. The van der Waals surface area contributed by atoms with Gasteiger partial charge in [-0.1, -0.05) is 12.1 Å². The first-order chi connectivity index (χ1) is 12.0. The van der Waals surface area contributed by atoms with Crippen molar-refractivity contribution in [1.82, 2.24) is 15.5 Å². The molecule has 0 aliphatic carbocycles. The molecule has 5 N–H and O–H groups in total. The van der Waals surface area contributed by atoms with Gasteiger partial charge in [0.2, 0.25) is 11.8 Å². The number of amides is 3. The third-order valence-electron chi connectivity index (χ3n) is 4.57. The van der Waals surface area contributed by atoms with E-state index in [0.29, 0.717) is 31.6 Å². The maximum atomic E-state index is 12.7. The number of fused-ring (bicyclic) bond motifs is 1. The van der Waals surface area contributed by atoms with Crippen LogP contribution >= 0.6 is 0 Å². The van der Waals surface area contributed by atoms with Crippen molar-refractivity contribution in [3.05, 3.63) is 34.9 Å². The van der Waals surface area contributed by atoms with Crippen LogP contribution in [-0.2, 0) is 22.7 Å². The third-order valence-corrected chi connectivity index (χ3v) is 4.57. The van der Waals surface area contributed by atoms with Gasteiger partial charge in [0.1, 0.15) is 6.04 Å². The number of hydrogen-bond acceptors (Lipinski definition) is 6. The summed E-state index contributed by atoms with van der Waals surface area (Å²) in [5, 5.41) is 14.8. The maximum absolute atomic E-state index is 12.7. The molecule has 0 saturated carbocycles. The Morgan fingerprint density at radius 1 is 1.36 bits per heavy atom. The first kappa shape index (κ1) is 17.5. The fraction of sp³-hybridized carbons (Fsp3) is 0.471. The number of imide groups is 1. The van der Waals surface area contributed by atoms with Crippen LogP contribution < -0.4 is 16.4 Å². The van der Waals surface area contributed by atoms with Gasteiger partial charge in [-0.3, -0.25) is 19.7 Å². The Labute approximate surface area is 145 Å². The van der Waals surface area contributed by atoms with Crippen molar-refractivity contribution >= 4 is 17.7 Å². The molecular weight excluding hydrogens is 324 g/mol. The van der Waals surface area contributed by atoms with Gasteiger partial charge in [0.25, 0.3) is 5.91 Å². The number of carbonyl (C=O) groups excluding carboxylic acids is 3. The molecule has 8 nitrogen and oxygen atoms in total. The van der Waals surface area contributed by atoms with Gasteiger partial charge in [0.05, 0.1) is 6.10 Å². The van der Waals surface area contributed by atoms with Gasteiger partial charge in [0, 0.05) is 38.2 Å². The number of hydrogen-bond donors (Lipinski definition) is 4. The molecule has 0 spiro atoms. The highest BCUT2D eigenvalue weighted by molar-refractivity contribution is 6.05. The quantitative estimate of drug-likeness (QED) is 0.483. The van der Waals surface area contributed by atoms with E-state index in [9.17, 15) is 19.5 Å². The highest BCUT2D eigenvalue weighted by atomic mass is 16.3. The van der Waals surface area contributed by atoms with Gasteiger partial charge in [-0.05, 0) is 23.6 Å². The van der Waals surface area contributed by atoms with Crippen molar-refractivity contribution in [3.8, 4) is 0 Å². The lowest BCUT2D eigenvalue weighted by Crippen LogP contribution is -2.52. The Hall–Kier alpha value is -2.29. The zero-order valence-electron chi connectivity index (χ0n) is 13.8. The average molecular weight is 346 g/mol. The van der Waals surface area contributed by atoms with E-state index in [2.05, 4.69) is 10.6 Å². The molecule has 0 bridgehead atoms. The number of nitrogens with two attached hydrogens (primary N) is 1. The third kappa shape index (κ3) is 3.71. The van der Waals surface area contributed by atoms with Crippen LogP contribution in [0.25, 0.3) is 0 Å². The zero-order chi connectivity index (χ0) is 18.0. The van der Waals surface area contributed by atoms with E-state index in [4.69, 9.17) is 5.73 Å². The van der Waals surface area contributed by atoms with Gasteiger partial charge in [-0.2, -0.15) is 0 Å². The molecule has 1 aromatic carbocycles. The number of nitrogens with one attached hydrogen (secondary N) is 2. The summed E-state index contributed by atoms with van der Waals surface area (Å²) < 4.78 is 0. The van der Waals surface area contributed by atoms with E-state index in [1.165, 1.54) is 4.90 Å². The molecule has 2 atom stereocenters. The fourth-order valence-corrected chi connectivity index (χ4v) is 3.18. The normalized spacial score (nSPS) is 21.3. The second-order valence-electron chi connectivity index (χ2n) is 6.41. The molecule has 1 saturated heterocycles. The highest BCUT2D eigenvalue weighted by Crippen LogP contribution is 2.28. The summed E-state index contributed by atoms with van der Waals surface area (Å²) in [6.45, 7) is 1.45. The van der Waals surface area contributed by atoms with Gasteiger partial charge in [-0.25, -0.2) is 0 Å². The number of nitrogens with zero attached hydrogens (tertiary/aromatic N) is 1. The van der Waals surface area contributed by atoms with Gasteiger partial charge < -0.3 is 21.1 Å². The summed E-state index contributed by atoms with van der Waals surface area (Å²) in [6, 6.07) is 5.02. The predicted octanol–water partition coefficient (Wildman–Crippen LogP) is -1.14. The molecule has 2 aliphatic rings. The fourth-order valence-electron chi connectivity index (χ4n) is 3.18. The molecule has 25 heavy (non-hydrogen) atoms. The molecule has 3 amide bonds. The average Bonchev–Trinajstić information content (AvgIpc) is 2.91. The van der Waals surface area contributed by atoms with Gasteiger partial charge in [-0.15, -0.1) is 0 Å². The molecule has 134 valence electrons. The number of aliphatic hydroxyl groups excluding tert-OH is 1. The van der Waals surface area contributed by atoms with Crippen LogP contribution in [0.2, 0.25) is 0 Å². The molecule has 1 fully saturated rings. The van der Waals surface area contributed by atoms with Crippen LogP contribution in [0.4, 0.5) is 0 Å². The minimum Gasteiger partial charge on any atom is -0.390 e. The van der Waals surface area contributed by atoms with Crippen molar-refractivity contribution in [1.29, 1.82) is 0 Å². The summed E-state index contributed by atoms with van der Waals surface area (Å²) in [5.41, 5.74) is 7.74.